The highest BCUT2D eigenvalue weighted by Gasteiger charge is 2.47. The molecule has 4 rings (SSSR count). The Morgan fingerprint density at radius 3 is 2.39 bits per heavy atom. The van der Waals surface area contributed by atoms with Gasteiger partial charge in [-0.2, -0.15) is 0 Å². The largest absolute Gasteiger partial charge is 0.488 e. The van der Waals surface area contributed by atoms with Gasteiger partial charge in [0.15, 0.2) is 6.04 Å². The molecule has 1 heterocycles. The predicted molar refractivity (Wildman–Crippen MR) is 121 cm³/mol. The fourth-order valence-electron chi connectivity index (χ4n) is 3.66. The first-order valence-corrected chi connectivity index (χ1v) is 10.6. The van der Waals surface area contributed by atoms with E-state index in [1.54, 1.807) is 12.1 Å². The predicted octanol–water partition coefficient (Wildman–Crippen LogP) is 4.84. The number of hydrogen-bond donors (Lipinski definition) is 1. The SMILES string of the molecule is COC(=O)[C@H]1[C@@H](c2ccc(Br)cc2OCc2ccccc2)NC(=O)N1c1ccccc1. The van der Waals surface area contributed by atoms with Crippen LogP contribution in [0.5, 0.6) is 5.75 Å². The Morgan fingerprint density at radius 1 is 1.03 bits per heavy atom. The summed E-state index contributed by atoms with van der Waals surface area (Å²) < 4.78 is 12.0. The highest BCUT2D eigenvalue weighted by Crippen LogP contribution is 2.37. The molecule has 2 amide bonds. The number of nitrogens with zero attached hydrogens (tertiary/aromatic N) is 1. The molecule has 1 saturated heterocycles. The average Bonchev–Trinajstić information content (AvgIpc) is 3.15. The number of esters is 1. The van der Waals surface area contributed by atoms with Gasteiger partial charge in [0, 0.05) is 15.7 Å². The van der Waals surface area contributed by atoms with Crippen LogP contribution in [0.4, 0.5) is 10.5 Å². The van der Waals surface area contributed by atoms with E-state index in [4.69, 9.17) is 9.47 Å². The summed E-state index contributed by atoms with van der Waals surface area (Å²) in [6.07, 6.45) is 0. The topological polar surface area (TPSA) is 67.9 Å². The maximum Gasteiger partial charge on any atom is 0.331 e. The van der Waals surface area contributed by atoms with Gasteiger partial charge >= 0.3 is 12.0 Å². The van der Waals surface area contributed by atoms with Crippen molar-refractivity contribution < 1.29 is 19.1 Å². The molecule has 7 heteroatoms. The fraction of sp³-hybridized carbons (Fsp3) is 0.167. The maximum atomic E-state index is 12.9. The van der Waals surface area contributed by atoms with E-state index in [-0.39, 0.29) is 6.03 Å². The molecular formula is C24H21BrN2O4. The van der Waals surface area contributed by atoms with Gasteiger partial charge in [0.25, 0.3) is 0 Å². The minimum atomic E-state index is -0.875. The molecule has 0 aromatic heterocycles. The van der Waals surface area contributed by atoms with Crippen molar-refractivity contribution in [3.8, 4) is 5.75 Å². The zero-order valence-corrected chi connectivity index (χ0v) is 18.4. The van der Waals surface area contributed by atoms with E-state index >= 15 is 0 Å². The molecule has 1 aliphatic rings. The number of ether oxygens (including phenoxy) is 2. The van der Waals surface area contributed by atoms with Gasteiger partial charge in [-0.1, -0.05) is 70.5 Å². The van der Waals surface area contributed by atoms with Crippen LogP contribution < -0.4 is 15.0 Å². The van der Waals surface area contributed by atoms with Crippen LogP contribution in [0.2, 0.25) is 0 Å². The van der Waals surface area contributed by atoms with Crippen molar-refractivity contribution in [2.75, 3.05) is 12.0 Å². The summed E-state index contributed by atoms with van der Waals surface area (Å²) in [5, 5.41) is 2.93. The van der Waals surface area contributed by atoms with E-state index in [1.807, 2.05) is 66.7 Å². The normalized spacial score (nSPS) is 17.9. The summed E-state index contributed by atoms with van der Waals surface area (Å²) in [4.78, 5) is 27.1. The number of rotatable bonds is 6. The lowest BCUT2D eigenvalue weighted by atomic mass is 9.98. The minimum Gasteiger partial charge on any atom is -0.488 e. The van der Waals surface area contributed by atoms with Gasteiger partial charge < -0.3 is 14.8 Å². The monoisotopic (exact) mass is 480 g/mol. The van der Waals surface area contributed by atoms with Crippen LogP contribution in [-0.2, 0) is 16.1 Å². The number of carbonyl (C=O) groups is 2. The molecule has 2 atom stereocenters. The van der Waals surface area contributed by atoms with E-state index in [0.29, 0.717) is 23.6 Å². The molecule has 3 aromatic carbocycles. The summed E-state index contributed by atoms with van der Waals surface area (Å²) >= 11 is 3.48. The molecule has 1 aliphatic heterocycles. The Labute approximate surface area is 188 Å². The van der Waals surface area contributed by atoms with Crippen LogP contribution in [-0.4, -0.2) is 25.2 Å². The van der Waals surface area contributed by atoms with E-state index in [0.717, 1.165) is 10.0 Å². The molecule has 0 radical (unpaired) electrons. The number of benzene rings is 3. The lowest BCUT2D eigenvalue weighted by molar-refractivity contribution is -0.142. The van der Waals surface area contributed by atoms with E-state index in [9.17, 15) is 9.59 Å². The van der Waals surface area contributed by atoms with E-state index < -0.39 is 18.1 Å². The molecule has 0 bridgehead atoms. The smallest absolute Gasteiger partial charge is 0.331 e. The number of carbonyl (C=O) groups excluding carboxylic acids is 2. The molecule has 1 fully saturated rings. The van der Waals surface area contributed by atoms with Gasteiger partial charge in [-0.3, -0.25) is 4.90 Å². The zero-order valence-electron chi connectivity index (χ0n) is 16.8. The van der Waals surface area contributed by atoms with Crippen molar-refractivity contribution in [3.63, 3.8) is 0 Å². The maximum absolute atomic E-state index is 12.9. The molecular weight excluding hydrogens is 460 g/mol. The second-order valence-corrected chi connectivity index (χ2v) is 7.97. The number of para-hydroxylation sites is 1. The Morgan fingerprint density at radius 2 is 1.71 bits per heavy atom. The number of anilines is 1. The lowest BCUT2D eigenvalue weighted by Crippen LogP contribution is -2.41. The Hall–Kier alpha value is -3.32. The number of hydrogen-bond acceptors (Lipinski definition) is 4. The van der Waals surface area contributed by atoms with Crippen molar-refractivity contribution in [3.05, 3.63) is 94.5 Å². The van der Waals surface area contributed by atoms with Crippen LogP contribution in [0, 0.1) is 0 Å². The molecule has 31 heavy (non-hydrogen) atoms. The molecule has 158 valence electrons. The first-order valence-electron chi connectivity index (χ1n) is 9.77. The first kappa shape index (κ1) is 20.9. The Kier molecular flexibility index (Phi) is 6.23. The number of nitrogens with one attached hydrogen (secondary N) is 1. The average molecular weight is 481 g/mol. The molecule has 1 N–H and O–H groups in total. The number of amides is 2. The van der Waals surface area contributed by atoms with Gasteiger partial charge in [0.1, 0.15) is 12.4 Å². The molecule has 0 aliphatic carbocycles. The van der Waals surface area contributed by atoms with Crippen LogP contribution >= 0.6 is 15.9 Å². The number of urea groups is 1. The number of methoxy groups -OCH3 is 1. The van der Waals surface area contributed by atoms with Crippen molar-refractivity contribution in [2.45, 2.75) is 18.7 Å². The summed E-state index contributed by atoms with van der Waals surface area (Å²) in [5.41, 5.74) is 2.32. The lowest BCUT2D eigenvalue weighted by Gasteiger charge is -2.25. The van der Waals surface area contributed by atoms with E-state index in [1.165, 1.54) is 12.0 Å². The third-order valence-electron chi connectivity index (χ3n) is 5.12. The zero-order chi connectivity index (χ0) is 21.8. The third kappa shape index (κ3) is 4.41. The second kappa shape index (κ2) is 9.22. The molecule has 3 aromatic rings. The highest BCUT2D eigenvalue weighted by atomic mass is 79.9. The van der Waals surface area contributed by atoms with Gasteiger partial charge in [-0.05, 0) is 29.8 Å². The summed E-state index contributed by atoms with van der Waals surface area (Å²) in [6, 6.07) is 22.5. The summed E-state index contributed by atoms with van der Waals surface area (Å²) in [7, 11) is 1.32. The van der Waals surface area contributed by atoms with Crippen LogP contribution in [0.1, 0.15) is 17.2 Å². The van der Waals surface area contributed by atoms with Crippen molar-refractivity contribution in [2.24, 2.45) is 0 Å². The molecule has 0 saturated carbocycles. The summed E-state index contributed by atoms with van der Waals surface area (Å²) in [5.74, 6) is 0.0662. The molecule has 6 nitrogen and oxygen atoms in total. The van der Waals surface area contributed by atoms with Crippen molar-refractivity contribution >= 4 is 33.6 Å². The molecule has 0 spiro atoms. The molecule has 0 unspecified atom stereocenters. The summed E-state index contributed by atoms with van der Waals surface area (Å²) in [6.45, 7) is 0.357. The Balaban J connectivity index is 1.70. The van der Waals surface area contributed by atoms with Gasteiger partial charge in [-0.15, -0.1) is 0 Å². The fourth-order valence-corrected chi connectivity index (χ4v) is 4.00. The van der Waals surface area contributed by atoms with Crippen molar-refractivity contribution in [1.29, 1.82) is 0 Å². The Bertz CT molecular complexity index is 1080. The van der Waals surface area contributed by atoms with Gasteiger partial charge in [0.2, 0.25) is 0 Å². The third-order valence-corrected chi connectivity index (χ3v) is 5.61. The van der Waals surface area contributed by atoms with Crippen LogP contribution in [0.3, 0.4) is 0 Å². The van der Waals surface area contributed by atoms with Gasteiger partial charge in [0.05, 0.1) is 13.2 Å². The second-order valence-electron chi connectivity index (χ2n) is 7.06. The quantitative estimate of drug-likeness (QED) is 0.512. The van der Waals surface area contributed by atoms with Crippen LogP contribution in [0.15, 0.2) is 83.3 Å². The van der Waals surface area contributed by atoms with Gasteiger partial charge in [-0.25, -0.2) is 9.59 Å². The van der Waals surface area contributed by atoms with E-state index in [2.05, 4.69) is 21.2 Å². The highest BCUT2D eigenvalue weighted by molar-refractivity contribution is 9.10. The standard InChI is InChI=1S/C24H21BrN2O4/c1-30-23(28)22-21(26-24(29)27(22)18-10-6-3-7-11-18)19-13-12-17(25)14-20(19)31-15-16-8-4-2-5-9-16/h2-14,21-22H,15H2,1H3,(H,26,29)/t21-,22-/m1/s1. The van der Waals surface area contributed by atoms with Crippen LogP contribution in [0.25, 0.3) is 0 Å². The minimum absolute atomic E-state index is 0.357. The number of halogens is 1. The van der Waals surface area contributed by atoms with Crippen molar-refractivity contribution in [1.82, 2.24) is 5.32 Å². The first-order chi connectivity index (χ1) is 15.1.